The molecular formula is C22H30N2O2S. The molecule has 1 heterocycles. The van der Waals surface area contributed by atoms with Gasteiger partial charge in [-0.15, -0.1) is 0 Å². The third-order valence-electron chi connectivity index (χ3n) is 5.10. The van der Waals surface area contributed by atoms with E-state index in [9.17, 15) is 8.42 Å². The maximum Gasteiger partial charge on any atom is 0.243 e. The Bertz CT molecular complexity index is 809. The number of benzene rings is 2. The summed E-state index contributed by atoms with van der Waals surface area (Å²) in [5.41, 5.74) is 2.52. The van der Waals surface area contributed by atoms with Gasteiger partial charge in [0.15, 0.2) is 0 Å². The van der Waals surface area contributed by atoms with Gasteiger partial charge in [-0.25, -0.2) is 8.42 Å². The largest absolute Gasteiger partial charge is 0.300 e. The van der Waals surface area contributed by atoms with E-state index in [-0.39, 0.29) is 0 Å². The number of rotatable bonds is 7. The minimum atomic E-state index is -3.39. The lowest BCUT2D eigenvalue weighted by Gasteiger charge is -2.34. The van der Waals surface area contributed by atoms with E-state index in [2.05, 4.69) is 43.0 Å². The summed E-state index contributed by atoms with van der Waals surface area (Å²) in [6.07, 6.45) is 1.98. The van der Waals surface area contributed by atoms with E-state index in [1.54, 1.807) is 16.4 Å². The molecule has 4 nitrogen and oxygen atoms in total. The average Bonchev–Trinajstić information content (AvgIpc) is 2.67. The van der Waals surface area contributed by atoms with Crippen molar-refractivity contribution in [1.82, 2.24) is 9.21 Å². The van der Waals surface area contributed by atoms with E-state index in [4.69, 9.17) is 0 Å². The van der Waals surface area contributed by atoms with Crippen LogP contribution in [-0.4, -0.2) is 50.3 Å². The van der Waals surface area contributed by atoms with Crippen molar-refractivity contribution in [2.75, 3.05) is 32.7 Å². The van der Waals surface area contributed by atoms with Crippen LogP contribution in [0.3, 0.4) is 0 Å². The van der Waals surface area contributed by atoms with Crippen LogP contribution in [0, 0.1) is 5.92 Å². The normalized spacial score (nSPS) is 16.7. The van der Waals surface area contributed by atoms with Crippen LogP contribution < -0.4 is 0 Å². The number of sulfonamides is 1. The SMILES string of the molecule is CC(C)Cc1ccc(S(=O)(=O)N2CCN(CCc3ccccc3)CC2)cc1. The third kappa shape index (κ3) is 5.41. The van der Waals surface area contributed by atoms with Crippen molar-refractivity contribution in [1.29, 1.82) is 0 Å². The zero-order valence-electron chi connectivity index (χ0n) is 16.3. The van der Waals surface area contributed by atoms with Gasteiger partial charge < -0.3 is 4.90 Å². The fourth-order valence-electron chi connectivity index (χ4n) is 3.54. The molecule has 0 radical (unpaired) electrons. The molecule has 5 heteroatoms. The van der Waals surface area contributed by atoms with Gasteiger partial charge in [0.25, 0.3) is 0 Å². The summed E-state index contributed by atoms with van der Waals surface area (Å²) in [6.45, 7) is 8.01. The van der Waals surface area contributed by atoms with Crippen molar-refractivity contribution in [2.24, 2.45) is 5.92 Å². The summed E-state index contributed by atoms with van der Waals surface area (Å²) in [5.74, 6) is 0.566. The first-order chi connectivity index (χ1) is 12.9. The summed E-state index contributed by atoms with van der Waals surface area (Å²) in [4.78, 5) is 2.76. The second-order valence-electron chi connectivity index (χ2n) is 7.72. The minimum absolute atomic E-state index is 0.410. The molecule has 1 saturated heterocycles. The van der Waals surface area contributed by atoms with Crippen LogP contribution >= 0.6 is 0 Å². The van der Waals surface area contributed by atoms with Gasteiger partial charge in [0.2, 0.25) is 10.0 Å². The fourth-order valence-corrected chi connectivity index (χ4v) is 4.97. The number of hydrogen-bond donors (Lipinski definition) is 0. The van der Waals surface area contributed by atoms with Crippen LogP contribution in [0.2, 0.25) is 0 Å². The molecule has 146 valence electrons. The second kappa shape index (κ2) is 9.00. The minimum Gasteiger partial charge on any atom is -0.300 e. The first-order valence-electron chi connectivity index (χ1n) is 9.80. The highest BCUT2D eigenvalue weighted by molar-refractivity contribution is 7.89. The van der Waals surface area contributed by atoms with Gasteiger partial charge in [-0.2, -0.15) is 4.31 Å². The molecule has 2 aromatic carbocycles. The van der Waals surface area contributed by atoms with Crippen LogP contribution in [0.25, 0.3) is 0 Å². The van der Waals surface area contributed by atoms with Gasteiger partial charge in [0, 0.05) is 32.7 Å². The molecule has 0 amide bonds. The lowest BCUT2D eigenvalue weighted by atomic mass is 10.0. The number of hydrogen-bond acceptors (Lipinski definition) is 3. The number of piperazine rings is 1. The molecule has 1 aliphatic rings. The van der Waals surface area contributed by atoms with E-state index in [1.165, 1.54) is 11.1 Å². The van der Waals surface area contributed by atoms with E-state index in [0.29, 0.717) is 23.9 Å². The van der Waals surface area contributed by atoms with Crippen molar-refractivity contribution in [2.45, 2.75) is 31.6 Å². The first kappa shape index (κ1) is 20.1. The highest BCUT2D eigenvalue weighted by Gasteiger charge is 2.28. The molecule has 0 spiro atoms. The Morgan fingerprint density at radius 1 is 0.852 bits per heavy atom. The average molecular weight is 387 g/mol. The maximum atomic E-state index is 12.9. The van der Waals surface area contributed by atoms with E-state index in [1.807, 2.05) is 18.2 Å². The zero-order chi connectivity index (χ0) is 19.3. The van der Waals surface area contributed by atoms with Gasteiger partial charge in [0.05, 0.1) is 4.90 Å². The standard InChI is InChI=1S/C22H30N2O2S/c1-19(2)18-21-8-10-22(11-9-21)27(25,26)24-16-14-23(15-17-24)13-12-20-6-4-3-5-7-20/h3-11,19H,12-18H2,1-2H3. The Hall–Kier alpha value is -1.69. The molecule has 0 aromatic heterocycles. The van der Waals surface area contributed by atoms with Gasteiger partial charge in [-0.3, -0.25) is 0 Å². The third-order valence-corrected chi connectivity index (χ3v) is 7.01. The molecule has 0 bridgehead atoms. The van der Waals surface area contributed by atoms with Crippen molar-refractivity contribution >= 4 is 10.0 Å². The monoisotopic (exact) mass is 386 g/mol. The molecule has 0 aliphatic carbocycles. The van der Waals surface area contributed by atoms with Crippen molar-refractivity contribution < 1.29 is 8.42 Å². The van der Waals surface area contributed by atoms with Crippen molar-refractivity contribution in [3.8, 4) is 0 Å². The Balaban J connectivity index is 1.54. The van der Waals surface area contributed by atoms with Crippen molar-refractivity contribution in [3.63, 3.8) is 0 Å². The Morgan fingerprint density at radius 3 is 2.07 bits per heavy atom. The van der Waals surface area contributed by atoms with E-state index >= 15 is 0 Å². The second-order valence-corrected chi connectivity index (χ2v) is 9.66. The molecule has 3 rings (SSSR count). The molecule has 1 fully saturated rings. The smallest absolute Gasteiger partial charge is 0.243 e. The van der Waals surface area contributed by atoms with E-state index < -0.39 is 10.0 Å². The van der Waals surface area contributed by atoms with Crippen LogP contribution in [0.5, 0.6) is 0 Å². The van der Waals surface area contributed by atoms with E-state index in [0.717, 1.165) is 32.5 Å². The van der Waals surface area contributed by atoms with Gasteiger partial charge in [-0.1, -0.05) is 56.3 Å². The lowest BCUT2D eigenvalue weighted by molar-refractivity contribution is 0.190. The topological polar surface area (TPSA) is 40.6 Å². The Morgan fingerprint density at radius 2 is 1.48 bits per heavy atom. The number of nitrogens with zero attached hydrogens (tertiary/aromatic N) is 2. The molecule has 2 aromatic rings. The predicted molar refractivity (Wildman–Crippen MR) is 110 cm³/mol. The molecule has 0 atom stereocenters. The quantitative estimate of drug-likeness (QED) is 0.732. The summed E-state index contributed by atoms with van der Waals surface area (Å²) in [7, 11) is -3.39. The summed E-state index contributed by atoms with van der Waals surface area (Å²) in [6, 6.07) is 17.9. The van der Waals surface area contributed by atoms with Crippen LogP contribution in [0.4, 0.5) is 0 Å². The highest BCUT2D eigenvalue weighted by Crippen LogP contribution is 2.19. The summed E-state index contributed by atoms with van der Waals surface area (Å²) >= 11 is 0. The molecule has 0 N–H and O–H groups in total. The molecular weight excluding hydrogens is 356 g/mol. The molecule has 1 aliphatic heterocycles. The predicted octanol–water partition coefficient (Wildman–Crippen LogP) is 3.43. The zero-order valence-corrected chi connectivity index (χ0v) is 17.2. The van der Waals surface area contributed by atoms with Gasteiger partial charge in [-0.05, 0) is 42.0 Å². The summed E-state index contributed by atoms with van der Waals surface area (Å²) in [5, 5.41) is 0. The van der Waals surface area contributed by atoms with Crippen LogP contribution in [0.15, 0.2) is 59.5 Å². The first-order valence-corrected chi connectivity index (χ1v) is 11.2. The maximum absolute atomic E-state index is 12.9. The van der Waals surface area contributed by atoms with Crippen LogP contribution in [-0.2, 0) is 22.9 Å². The highest BCUT2D eigenvalue weighted by atomic mass is 32.2. The van der Waals surface area contributed by atoms with Gasteiger partial charge >= 0.3 is 0 Å². The molecule has 0 saturated carbocycles. The Labute approximate surface area is 163 Å². The van der Waals surface area contributed by atoms with Crippen molar-refractivity contribution in [3.05, 3.63) is 65.7 Å². The summed E-state index contributed by atoms with van der Waals surface area (Å²) < 4.78 is 27.5. The molecule has 27 heavy (non-hydrogen) atoms. The van der Waals surface area contributed by atoms with Crippen LogP contribution in [0.1, 0.15) is 25.0 Å². The molecule has 0 unspecified atom stereocenters. The lowest BCUT2D eigenvalue weighted by Crippen LogP contribution is -2.48. The van der Waals surface area contributed by atoms with Gasteiger partial charge in [0.1, 0.15) is 0 Å². The fraction of sp³-hybridized carbons (Fsp3) is 0.455. The Kier molecular flexibility index (Phi) is 6.68.